The maximum Gasteiger partial charge on any atom is 0.251 e. The minimum Gasteiger partial charge on any atom is -0.510 e. The maximum absolute atomic E-state index is 11.9. The quantitative estimate of drug-likeness (QED) is 0.323. The molecule has 6 heteroatoms. The number of carbonyl (C=O) groups is 1. The van der Waals surface area contributed by atoms with Gasteiger partial charge in [-0.05, 0) is 43.7 Å². The van der Waals surface area contributed by atoms with E-state index < -0.39 is 11.9 Å². The van der Waals surface area contributed by atoms with Crippen molar-refractivity contribution in [2.24, 2.45) is 5.73 Å². The van der Waals surface area contributed by atoms with Gasteiger partial charge in [0.15, 0.2) is 0 Å². The lowest BCUT2D eigenvalue weighted by atomic mass is 10.1. The van der Waals surface area contributed by atoms with Crippen LogP contribution in [0, 0.1) is 0 Å². The normalized spacial score (nSPS) is 19.0. The van der Waals surface area contributed by atoms with Gasteiger partial charge in [-0.25, -0.2) is 0 Å². The van der Waals surface area contributed by atoms with Crippen LogP contribution in [0.5, 0.6) is 0 Å². The van der Waals surface area contributed by atoms with Crippen molar-refractivity contribution in [3.05, 3.63) is 60.0 Å². The van der Waals surface area contributed by atoms with Gasteiger partial charge in [0.25, 0.3) is 5.91 Å². The van der Waals surface area contributed by atoms with E-state index in [1.54, 1.807) is 31.2 Å². The zero-order valence-electron chi connectivity index (χ0n) is 13.0. The number of benzene rings is 1. The fourth-order valence-electron chi connectivity index (χ4n) is 2.07. The second-order valence-electron chi connectivity index (χ2n) is 5.46. The van der Waals surface area contributed by atoms with Gasteiger partial charge in [-0.1, -0.05) is 12.2 Å². The Labute approximate surface area is 135 Å². The second kappa shape index (κ2) is 7.51. The summed E-state index contributed by atoms with van der Waals surface area (Å²) < 4.78 is 0. The highest BCUT2D eigenvalue weighted by atomic mass is 16.3. The highest BCUT2D eigenvalue weighted by Gasteiger charge is 2.12. The number of nitrogens with one attached hydrogen (secondary N) is 2. The number of amides is 1. The van der Waals surface area contributed by atoms with Crippen molar-refractivity contribution in [1.82, 2.24) is 5.32 Å². The number of nitrogen functional groups attached to an aromatic ring is 1. The highest BCUT2D eigenvalue weighted by molar-refractivity contribution is 5.99. The van der Waals surface area contributed by atoms with Gasteiger partial charge in [-0.15, -0.1) is 0 Å². The lowest BCUT2D eigenvalue weighted by Gasteiger charge is -2.18. The topological polar surface area (TPSA) is 113 Å². The predicted octanol–water partition coefficient (Wildman–Crippen LogP) is 1.80. The summed E-state index contributed by atoms with van der Waals surface area (Å²) in [4.78, 5) is 11.9. The van der Waals surface area contributed by atoms with E-state index in [9.17, 15) is 9.90 Å². The summed E-state index contributed by atoms with van der Waals surface area (Å²) in [7, 11) is 0. The summed E-state index contributed by atoms with van der Waals surface area (Å²) in [5, 5.41) is 15.8. The molecule has 2 atom stereocenters. The molecule has 1 amide bonds. The van der Waals surface area contributed by atoms with Crippen LogP contribution < -0.4 is 22.1 Å². The molecule has 1 aromatic rings. The molecule has 2 unspecified atom stereocenters. The fourth-order valence-corrected chi connectivity index (χ4v) is 2.07. The smallest absolute Gasteiger partial charge is 0.251 e. The SMILES string of the molecule is CC(NC1=CCC(N)C=C1)/C(O)=C\C(=O)Nc1ccc(N)cc1. The molecule has 0 saturated carbocycles. The molecule has 0 saturated heterocycles. The first kappa shape index (κ1) is 16.6. The van der Waals surface area contributed by atoms with Crippen LogP contribution in [-0.4, -0.2) is 23.1 Å². The third kappa shape index (κ3) is 5.19. The molecule has 1 aliphatic rings. The third-order valence-electron chi connectivity index (χ3n) is 3.42. The van der Waals surface area contributed by atoms with Gasteiger partial charge in [-0.2, -0.15) is 0 Å². The molecule has 122 valence electrons. The lowest BCUT2D eigenvalue weighted by molar-refractivity contribution is -0.112. The zero-order chi connectivity index (χ0) is 16.8. The molecule has 0 bridgehead atoms. The summed E-state index contributed by atoms with van der Waals surface area (Å²) in [5.74, 6) is -0.460. The monoisotopic (exact) mass is 314 g/mol. The molecular weight excluding hydrogens is 292 g/mol. The van der Waals surface area contributed by atoms with Gasteiger partial charge >= 0.3 is 0 Å². The van der Waals surface area contributed by atoms with Crippen LogP contribution in [0.2, 0.25) is 0 Å². The summed E-state index contributed by atoms with van der Waals surface area (Å²) in [6.45, 7) is 1.77. The van der Waals surface area contributed by atoms with Crippen molar-refractivity contribution >= 4 is 17.3 Å². The summed E-state index contributed by atoms with van der Waals surface area (Å²) in [5.41, 5.74) is 13.4. The maximum atomic E-state index is 11.9. The minimum absolute atomic E-state index is 0.0330. The molecule has 0 aromatic heterocycles. The molecule has 2 rings (SSSR count). The summed E-state index contributed by atoms with van der Waals surface area (Å²) in [6.07, 6.45) is 7.62. The van der Waals surface area contributed by atoms with E-state index in [1.807, 2.05) is 18.2 Å². The number of nitrogens with two attached hydrogens (primary N) is 2. The number of allylic oxidation sites excluding steroid dienone is 1. The number of aliphatic hydroxyl groups is 1. The Bertz CT molecular complexity index is 647. The number of hydrogen-bond donors (Lipinski definition) is 5. The van der Waals surface area contributed by atoms with Crippen molar-refractivity contribution in [2.45, 2.75) is 25.4 Å². The second-order valence-corrected chi connectivity index (χ2v) is 5.46. The van der Waals surface area contributed by atoms with E-state index in [0.29, 0.717) is 11.4 Å². The van der Waals surface area contributed by atoms with Crippen molar-refractivity contribution in [1.29, 1.82) is 0 Å². The molecule has 0 heterocycles. The Morgan fingerprint density at radius 2 is 2.09 bits per heavy atom. The molecule has 7 N–H and O–H groups in total. The van der Waals surface area contributed by atoms with Crippen LogP contribution in [0.4, 0.5) is 11.4 Å². The standard InChI is InChI=1S/C17H22N4O2/c1-11(20-14-6-2-12(18)3-7-14)16(22)10-17(23)21-15-8-4-13(19)5-9-15/h2,4-12,20,22H,3,18-19H2,1H3,(H,21,23)/b16-10+. The van der Waals surface area contributed by atoms with E-state index >= 15 is 0 Å². The van der Waals surface area contributed by atoms with Gasteiger partial charge in [-0.3, -0.25) is 4.79 Å². The first-order valence-corrected chi connectivity index (χ1v) is 7.41. The fraction of sp³-hybridized carbons (Fsp3) is 0.235. The lowest BCUT2D eigenvalue weighted by Crippen LogP contribution is -2.29. The number of rotatable bonds is 5. The van der Waals surface area contributed by atoms with Crippen LogP contribution in [-0.2, 0) is 4.79 Å². The number of hydrogen-bond acceptors (Lipinski definition) is 5. The van der Waals surface area contributed by atoms with E-state index in [-0.39, 0.29) is 11.8 Å². The first-order chi connectivity index (χ1) is 10.9. The Hall–Kier alpha value is -2.73. The molecule has 1 aromatic carbocycles. The molecule has 0 radical (unpaired) electrons. The van der Waals surface area contributed by atoms with Gasteiger partial charge in [0.2, 0.25) is 0 Å². The van der Waals surface area contributed by atoms with Crippen LogP contribution in [0.15, 0.2) is 60.0 Å². The minimum atomic E-state index is -0.406. The van der Waals surface area contributed by atoms with Gasteiger partial charge in [0, 0.05) is 29.2 Å². The van der Waals surface area contributed by atoms with Crippen LogP contribution in [0.1, 0.15) is 13.3 Å². The van der Waals surface area contributed by atoms with Gasteiger partial charge in [0.05, 0.1) is 6.04 Å². The first-order valence-electron chi connectivity index (χ1n) is 7.41. The zero-order valence-corrected chi connectivity index (χ0v) is 13.0. The predicted molar refractivity (Wildman–Crippen MR) is 92.6 cm³/mol. The van der Waals surface area contributed by atoms with Crippen LogP contribution in [0.25, 0.3) is 0 Å². The van der Waals surface area contributed by atoms with Crippen LogP contribution in [0.3, 0.4) is 0 Å². The molecular formula is C17H22N4O2. The van der Waals surface area contributed by atoms with Crippen molar-refractivity contribution in [3.63, 3.8) is 0 Å². The molecule has 0 spiro atoms. The molecule has 1 aliphatic carbocycles. The summed E-state index contributed by atoms with van der Waals surface area (Å²) in [6, 6.07) is 6.41. The Kier molecular flexibility index (Phi) is 5.43. The number of anilines is 2. The Morgan fingerprint density at radius 3 is 2.70 bits per heavy atom. The molecule has 23 heavy (non-hydrogen) atoms. The molecule has 6 nitrogen and oxygen atoms in total. The number of aliphatic hydroxyl groups excluding tert-OH is 1. The molecule has 0 aliphatic heterocycles. The average Bonchev–Trinajstić information content (AvgIpc) is 2.51. The van der Waals surface area contributed by atoms with Crippen molar-refractivity contribution < 1.29 is 9.90 Å². The van der Waals surface area contributed by atoms with Crippen LogP contribution >= 0.6 is 0 Å². The van der Waals surface area contributed by atoms with E-state index in [0.717, 1.165) is 18.2 Å². The molecule has 0 fully saturated rings. The highest BCUT2D eigenvalue weighted by Crippen LogP contribution is 2.12. The van der Waals surface area contributed by atoms with Gasteiger partial charge < -0.3 is 27.2 Å². The van der Waals surface area contributed by atoms with Crippen molar-refractivity contribution in [3.8, 4) is 0 Å². The largest absolute Gasteiger partial charge is 0.510 e. The summed E-state index contributed by atoms with van der Waals surface area (Å²) >= 11 is 0. The van der Waals surface area contributed by atoms with Crippen molar-refractivity contribution in [2.75, 3.05) is 11.1 Å². The van der Waals surface area contributed by atoms with E-state index in [4.69, 9.17) is 11.5 Å². The Balaban J connectivity index is 1.91. The van der Waals surface area contributed by atoms with E-state index in [2.05, 4.69) is 10.6 Å². The Morgan fingerprint density at radius 1 is 1.39 bits per heavy atom. The average molecular weight is 314 g/mol. The number of carbonyl (C=O) groups excluding carboxylic acids is 1. The third-order valence-corrected chi connectivity index (χ3v) is 3.42. The van der Waals surface area contributed by atoms with Gasteiger partial charge in [0.1, 0.15) is 5.76 Å². The van der Waals surface area contributed by atoms with E-state index in [1.165, 1.54) is 0 Å².